The van der Waals surface area contributed by atoms with Crippen LogP contribution in [0.3, 0.4) is 0 Å². The Balaban J connectivity index is 1.90. The number of H-pyrrole nitrogens is 1. The Labute approximate surface area is 159 Å². The van der Waals surface area contributed by atoms with Crippen molar-refractivity contribution < 1.29 is 13.2 Å². The molecule has 0 saturated heterocycles. The fourth-order valence-corrected chi connectivity index (χ4v) is 3.28. The normalized spacial score (nSPS) is 12.6. The highest BCUT2D eigenvalue weighted by molar-refractivity contribution is 7.03. The Kier molecular flexibility index (Phi) is 5.27. The molecule has 2 aromatic carbocycles. The molecule has 0 unspecified atom stereocenters. The van der Waals surface area contributed by atoms with Gasteiger partial charge < -0.3 is 0 Å². The Hall–Kier alpha value is -2.03. The lowest BCUT2D eigenvalue weighted by Crippen LogP contribution is -2.17. The third kappa shape index (κ3) is 4.38. The van der Waals surface area contributed by atoms with Gasteiger partial charge in [-0.1, -0.05) is 35.3 Å². The van der Waals surface area contributed by atoms with E-state index in [1.807, 2.05) is 0 Å². The fraction of sp³-hybridized carbons (Fsp3) is 0.125. The highest BCUT2D eigenvalue weighted by Gasteiger charge is 2.30. The van der Waals surface area contributed by atoms with E-state index in [1.54, 1.807) is 18.2 Å². The first-order chi connectivity index (χ1) is 12.2. The smallest absolute Gasteiger partial charge is 0.281 e. The molecule has 0 aliphatic carbocycles. The molecule has 0 fully saturated rings. The van der Waals surface area contributed by atoms with Crippen LogP contribution in [0.15, 0.2) is 52.3 Å². The van der Waals surface area contributed by atoms with Crippen molar-refractivity contribution in [2.75, 3.05) is 0 Å². The number of nitrogens with one attached hydrogen (secondary N) is 1. The van der Waals surface area contributed by atoms with Crippen LogP contribution in [-0.4, -0.2) is 8.94 Å². The summed E-state index contributed by atoms with van der Waals surface area (Å²) in [6.07, 6.45) is -4.43. The summed E-state index contributed by atoms with van der Waals surface area (Å²) in [7, 11) is 0. The Morgan fingerprint density at radius 1 is 1.12 bits per heavy atom. The largest absolute Gasteiger partial charge is 0.416 e. The first-order valence-electron chi connectivity index (χ1n) is 7.19. The number of aromatic amines is 1. The van der Waals surface area contributed by atoms with Crippen molar-refractivity contribution in [3.63, 3.8) is 0 Å². The zero-order valence-corrected chi connectivity index (χ0v) is 15.2. The molecule has 1 heterocycles. The second-order valence-corrected chi connectivity index (χ2v) is 7.10. The van der Waals surface area contributed by atoms with Gasteiger partial charge in [-0.05, 0) is 47.4 Å². The van der Waals surface area contributed by atoms with E-state index >= 15 is 0 Å². The molecule has 1 aromatic heterocycles. The maximum absolute atomic E-state index is 12.8. The lowest BCUT2D eigenvalue weighted by molar-refractivity contribution is -0.137. The van der Waals surface area contributed by atoms with Crippen molar-refractivity contribution in [3.8, 4) is 0 Å². The van der Waals surface area contributed by atoms with Crippen LogP contribution >= 0.6 is 34.7 Å². The van der Waals surface area contributed by atoms with Crippen molar-refractivity contribution >= 4 is 40.4 Å². The molecule has 3 rings (SSSR count). The lowest BCUT2D eigenvalue weighted by Gasteiger charge is -2.08. The summed E-state index contributed by atoms with van der Waals surface area (Å²) in [5.41, 5.74) is -0.378. The number of halogens is 5. The van der Waals surface area contributed by atoms with E-state index in [2.05, 4.69) is 9.98 Å². The summed E-state index contributed by atoms with van der Waals surface area (Å²) in [6, 6.07) is 9.58. The maximum Gasteiger partial charge on any atom is 0.416 e. The number of rotatable bonds is 3. The zero-order chi connectivity index (χ0) is 18.9. The van der Waals surface area contributed by atoms with Gasteiger partial charge in [-0.2, -0.15) is 13.2 Å². The van der Waals surface area contributed by atoms with Gasteiger partial charge in [0, 0.05) is 0 Å². The third-order valence-electron chi connectivity index (χ3n) is 3.35. The molecule has 0 radical (unpaired) electrons. The first kappa shape index (κ1) is 18.8. The van der Waals surface area contributed by atoms with Crippen LogP contribution in [0.2, 0.25) is 10.0 Å². The zero-order valence-electron chi connectivity index (χ0n) is 12.8. The van der Waals surface area contributed by atoms with Gasteiger partial charge in [-0.3, -0.25) is 4.98 Å². The van der Waals surface area contributed by atoms with Crippen LogP contribution in [-0.2, 0) is 12.7 Å². The first-order valence-corrected chi connectivity index (χ1v) is 8.72. The molecule has 1 N–H and O–H groups in total. The van der Waals surface area contributed by atoms with E-state index in [-0.39, 0.29) is 6.54 Å². The molecule has 0 saturated carbocycles. The van der Waals surface area contributed by atoms with Gasteiger partial charge in [0.1, 0.15) is 0 Å². The molecule has 0 spiro atoms. The van der Waals surface area contributed by atoms with E-state index in [4.69, 9.17) is 23.2 Å². The summed E-state index contributed by atoms with van der Waals surface area (Å²) < 4.78 is 39.6. The predicted octanol–water partition coefficient (Wildman–Crippen LogP) is 4.84. The predicted molar refractivity (Wildman–Crippen MR) is 95.2 cm³/mol. The van der Waals surface area contributed by atoms with Crippen LogP contribution in [0, 0.1) is 0 Å². The van der Waals surface area contributed by atoms with Crippen molar-refractivity contribution in [2.45, 2.75) is 12.7 Å². The van der Waals surface area contributed by atoms with E-state index in [0.717, 1.165) is 23.7 Å². The van der Waals surface area contributed by atoms with E-state index in [1.165, 1.54) is 16.1 Å². The summed E-state index contributed by atoms with van der Waals surface area (Å²) in [6.45, 7) is 0.000808. The van der Waals surface area contributed by atoms with Gasteiger partial charge in [-0.15, -0.1) is 0 Å². The van der Waals surface area contributed by atoms with Crippen molar-refractivity contribution in [2.24, 2.45) is 4.99 Å². The number of hydrogen-bond acceptors (Lipinski definition) is 3. The van der Waals surface area contributed by atoms with Crippen molar-refractivity contribution in [1.82, 2.24) is 8.94 Å². The average Bonchev–Trinajstić information content (AvgIpc) is 2.90. The topological polar surface area (TPSA) is 50.1 Å². The average molecular weight is 420 g/mol. The minimum absolute atomic E-state index is 0.000808. The molecule has 3 aromatic rings. The Morgan fingerprint density at radius 3 is 2.58 bits per heavy atom. The molecule has 4 nitrogen and oxygen atoms in total. The molecule has 10 heteroatoms. The number of benzene rings is 2. The number of nitrogens with zero attached hydrogens (tertiary/aromatic N) is 2. The minimum Gasteiger partial charge on any atom is -0.281 e. The maximum atomic E-state index is 12.8. The van der Waals surface area contributed by atoms with Crippen LogP contribution in [0.25, 0.3) is 0 Å². The van der Waals surface area contributed by atoms with Gasteiger partial charge in [0.05, 0.1) is 27.8 Å². The molecule has 0 atom stereocenters. The van der Waals surface area contributed by atoms with Gasteiger partial charge >= 0.3 is 11.9 Å². The second kappa shape index (κ2) is 7.30. The summed E-state index contributed by atoms with van der Waals surface area (Å²) in [5, 5.41) is 0.702. The summed E-state index contributed by atoms with van der Waals surface area (Å²) >= 11 is 12.8. The molecular formula is C16H10Cl2F3N3OS. The van der Waals surface area contributed by atoms with Gasteiger partial charge in [0.25, 0.3) is 0 Å². The van der Waals surface area contributed by atoms with E-state index in [0.29, 0.717) is 26.1 Å². The minimum atomic E-state index is -4.43. The van der Waals surface area contributed by atoms with Gasteiger partial charge in [0.15, 0.2) is 0 Å². The van der Waals surface area contributed by atoms with E-state index in [9.17, 15) is 18.0 Å². The molecule has 0 amide bonds. The molecule has 26 heavy (non-hydrogen) atoms. The quantitative estimate of drug-likeness (QED) is 0.648. The lowest BCUT2D eigenvalue weighted by atomic mass is 10.1. The van der Waals surface area contributed by atoms with Crippen molar-refractivity contribution in [3.05, 3.63) is 78.9 Å². The third-order valence-corrected chi connectivity index (χ3v) is 4.97. The molecule has 136 valence electrons. The molecular weight excluding hydrogens is 410 g/mol. The molecule has 0 aliphatic rings. The Morgan fingerprint density at radius 2 is 1.88 bits per heavy atom. The van der Waals surface area contributed by atoms with Crippen LogP contribution in [0.5, 0.6) is 0 Å². The van der Waals surface area contributed by atoms with Crippen LogP contribution in [0.4, 0.5) is 18.9 Å². The fourth-order valence-electron chi connectivity index (χ4n) is 2.16. The van der Waals surface area contributed by atoms with Crippen LogP contribution < -0.4 is 10.5 Å². The summed E-state index contributed by atoms with van der Waals surface area (Å²) in [4.78, 5) is 19.1. The highest BCUT2D eigenvalue weighted by Crippen LogP contribution is 2.29. The van der Waals surface area contributed by atoms with Crippen LogP contribution in [0.1, 0.15) is 11.1 Å². The number of aromatic nitrogens is 2. The standard InChI is InChI=1S/C16H10Cl2F3N3OS/c17-12-5-4-11(7-13(12)18)22-14-23-15(25)24(26-14)8-9-2-1-3-10(6-9)16(19,20)21/h1-7H,8H2,(H,22,23,25). The van der Waals surface area contributed by atoms with E-state index < -0.39 is 17.4 Å². The Bertz CT molecular complexity index is 1070. The van der Waals surface area contributed by atoms with Gasteiger partial charge in [0.2, 0.25) is 4.80 Å². The second-order valence-electron chi connectivity index (χ2n) is 5.27. The SMILES string of the molecule is O=c1[nH]/c(=N\c2ccc(Cl)c(Cl)c2)sn1Cc1cccc(C(F)(F)F)c1. The molecule has 0 aliphatic heterocycles. The monoisotopic (exact) mass is 419 g/mol. The molecule has 0 bridgehead atoms. The number of hydrogen-bond donors (Lipinski definition) is 1. The van der Waals surface area contributed by atoms with Gasteiger partial charge in [-0.25, -0.2) is 13.7 Å². The summed E-state index contributed by atoms with van der Waals surface area (Å²) in [5.74, 6) is 0. The number of alkyl halides is 3. The van der Waals surface area contributed by atoms with Crippen molar-refractivity contribution in [1.29, 1.82) is 0 Å². The highest BCUT2D eigenvalue weighted by atomic mass is 35.5.